The lowest BCUT2D eigenvalue weighted by molar-refractivity contribution is -0.142. The topological polar surface area (TPSA) is 23.6 Å². The maximum Gasteiger partial charge on any atom is 0.237 e. The molecule has 1 amide bonds. The third kappa shape index (κ3) is 3.45. The first-order valence-electron chi connectivity index (χ1n) is 7.23. The predicted octanol–water partition coefficient (Wildman–Crippen LogP) is 3.76. The molecule has 1 aromatic carbocycles. The molecule has 3 rings (SSSR count). The van der Waals surface area contributed by atoms with E-state index in [-0.39, 0.29) is 23.0 Å². The normalized spacial score (nSPS) is 21.0. The fourth-order valence-corrected chi connectivity index (χ4v) is 4.76. The van der Waals surface area contributed by atoms with Gasteiger partial charge in [0.25, 0.3) is 0 Å². The molecule has 2 aliphatic heterocycles. The number of carbonyl (C=O) groups is 1. The number of hydrogen-bond acceptors (Lipinski definition) is 3. The highest BCUT2D eigenvalue weighted by Crippen LogP contribution is 2.42. The first-order valence-corrected chi connectivity index (χ1v) is 9.33. The summed E-state index contributed by atoms with van der Waals surface area (Å²) < 4.78 is 16.4. The first-order chi connectivity index (χ1) is 10.5. The van der Waals surface area contributed by atoms with E-state index in [1.165, 1.54) is 0 Å². The number of likely N-dealkylation sites (tertiary alicyclic amines) is 1. The van der Waals surface area contributed by atoms with E-state index in [1.807, 2.05) is 11.0 Å². The van der Waals surface area contributed by atoms with Crippen molar-refractivity contribution >= 4 is 45.4 Å². The van der Waals surface area contributed by atoms with Crippen molar-refractivity contribution in [3.8, 4) is 0 Å². The number of rotatable bonds is 3. The van der Waals surface area contributed by atoms with Crippen LogP contribution in [-0.4, -0.2) is 47.2 Å². The number of amides is 1. The summed E-state index contributed by atoms with van der Waals surface area (Å²) in [5.41, 5.74) is 0.195. The Balaban J connectivity index is 1.60. The van der Waals surface area contributed by atoms with Crippen LogP contribution in [0.15, 0.2) is 27.6 Å². The minimum atomic E-state index is -0.237. The molecule has 0 unspecified atom stereocenters. The van der Waals surface area contributed by atoms with Crippen LogP contribution in [0.5, 0.6) is 0 Å². The average Bonchev–Trinajstić information content (AvgIpc) is 2.48. The maximum atomic E-state index is 13.6. The molecule has 2 fully saturated rings. The predicted molar refractivity (Wildman–Crippen MR) is 90.5 cm³/mol. The molecular formula is C15H17BrClFN2OS. The summed E-state index contributed by atoms with van der Waals surface area (Å²) >= 11 is 10.4. The fraction of sp³-hybridized carbons (Fsp3) is 0.533. The molecule has 22 heavy (non-hydrogen) atoms. The lowest BCUT2D eigenvalue weighted by Crippen LogP contribution is -2.63. The van der Waals surface area contributed by atoms with Crippen LogP contribution in [0, 0.1) is 11.2 Å². The Kier molecular flexibility index (Phi) is 5.02. The second-order valence-corrected chi connectivity index (χ2v) is 8.31. The molecule has 0 bridgehead atoms. The Bertz CT molecular complexity index is 583. The van der Waals surface area contributed by atoms with Crippen molar-refractivity contribution in [3.05, 3.63) is 28.5 Å². The molecule has 0 atom stereocenters. The smallest absolute Gasteiger partial charge is 0.237 e. The van der Waals surface area contributed by atoms with Gasteiger partial charge in [0.1, 0.15) is 11.7 Å². The van der Waals surface area contributed by atoms with Crippen molar-refractivity contribution in [2.45, 2.75) is 17.7 Å². The molecule has 0 saturated carbocycles. The summed E-state index contributed by atoms with van der Waals surface area (Å²) in [7, 11) is 0. The van der Waals surface area contributed by atoms with E-state index >= 15 is 0 Å². The standard InChI is InChI=1S/C15H17BrClFN2OS/c16-12-3-2-11(6-13(12)18)22-20-5-1-4-15(10-20)8-19(9-15)14(21)7-17/h2-3,6H,1,4-5,7-10H2. The van der Waals surface area contributed by atoms with Crippen LogP contribution in [0.4, 0.5) is 4.39 Å². The number of hydrogen-bond donors (Lipinski definition) is 0. The third-order valence-corrected chi connectivity index (χ3v) is 6.18. The zero-order valence-corrected chi connectivity index (χ0v) is 15.2. The van der Waals surface area contributed by atoms with Gasteiger partial charge in [0.05, 0.1) is 4.47 Å². The molecule has 0 aromatic heterocycles. The zero-order chi connectivity index (χ0) is 15.7. The molecule has 2 saturated heterocycles. The van der Waals surface area contributed by atoms with Crippen molar-refractivity contribution in [2.24, 2.45) is 5.41 Å². The van der Waals surface area contributed by atoms with Crippen LogP contribution in [0.2, 0.25) is 0 Å². The Morgan fingerprint density at radius 3 is 2.86 bits per heavy atom. The van der Waals surface area contributed by atoms with Crippen molar-refractivity contribution in [1.29, 1.82) is 0 Å². The van der Waals surface area contributed by atoms with Crippen LogP contribution >= 0.6 is 39.5 Å². The number of halogens is 3. The van der Waals surface area contributed by atoms with E-state index in [1.54, 1.807) is 24.1 Å². The van der Waals surface area contributed by atoms with Crippen LogP contribution in [0.3, 0.4) is 0 Å². The van der Waals surface area contributed by atoms with Gasteiger partial charge in [0.15, 0.2) is 0 Å². The molecule has 120 valence electrons. The van der Waals surface area contributed by atoms with Crippen molar-refractivity contribution in [3.63, 3.8) is 0 Å². The van der Waals surface area contributed by atoms with E-state index in [2.05, 4.69) is 20.2 Å². The Labute approximate surface area is 147 Å². The van der Waals surface area contributed by atoms with E-state index in [9.17, 15) is 9.18 Å². The Morgan fingerprint density at radius 1 is 1.41 bits per heavy atom. The van der Waals surface area contributed by atoms with Gasteiger partial charge in [-0.15, -0.1) is 11.6 Å². The SMILES string of the molecule is O=C(CCl)N1CC2(CCCN(Sc3ccc(Br)c(F)c3)C2)C1. The van der Waals surface area contributed by atoms with E-state index in [4.69, 9.17) is 11.6 Å². The van der Waals surface area contributed by atoms with Crippen LogP contribution in [-0.2, 0) is 4.79 Å². The highest BCUT2D eigenvalue weighted by atomic mass is 79.9. The third-order valence-electron chi connectivity index (χ3n) is 4.27. The number of nitrogens with zero attached hydrogens (tertiary/aromatic N) is 2. The summed E-state index contributed by atoms with van der Waals surface area (Å²) in [4.78, 5) is 14.3. The summed E-state index contributed by atoms with van der Waals surface area (Å²) in [6.45, 7) is 3.52. The largest absolute Gasteiger partial charge is 0.340 e. The van der Waals surface area contributed by atoms with Gasteiger partial charge in [-0.1, -0.05) is 0 Å². The summed E-state index contributed by atoms with van der Waals surface area (Å²) in [6, 6.07) is 5.21. The van der Waals surface area contributed by atoms with Gasteiger partial charge in [-0.25, -0.2) is 8.70 Å². The first kappa shape index (κ1) is 16.6. The number of piperidine rings is 1. The summed E-state index contributed by atoms with van der Waals surface area (Å²) in [6.07, 6.45) is 2.25. The molecule has 7 heteroatoms. The van der Waals surface area contributed by atoms with E-state index < -0.39 is 0 Å². The highest BCUT2D eigenvalue weighted by molar-refractivity contribution is 9.10. The molecule has 1 spiro atoms. The zero-order valence-electron chi connectivity index (χ0n) is 12.0. The number of benzene rings is 1. The van der Waals surface area contributed by atoms with Gasteiger partial charge in [-0.3, -0.25) is 4.79 Å². The van der Waals surface area contributed by atoms with E-state index in [0.717, 1.165) is 43.9 Å². The van der Waals surface area contributed by atoms with Crippen molar-refractivity contribution < 1.29 is 9.18 Å². The second-order valence-electron chi connectivity index (χ2n) is 6.02. The van der Waals surface area contributed by atoms with Crippen LogP contribution < -0.4 is 0 Å². The fourth-order valence-electron chi connectivity index (χ4n) is 3.21. The lowest BCUT2D eigenvalue weighted by Gasteiger charge is -2.54. The average molecular weight is 408 g/mol. The molecule has 2 heterocycles. The minimum absolute atomic E-state index is 0.0204. The van der Waals surface area contributed by atoms with Crippen LogP contribution in [0.1, 0.15) is 12.8 Å². The molecule has 2 aliphatic rings. The Hall–Kier alpha value is -0.300. The van der Waals surface area contributed by atoms with Crippen molar-refractivity contribution in [2.75, 3.05) is 32.1 Å². The second kappa shape index (κ2) is 6.67. The van der Waals surface area contributed by atoms with Gasteiger partial charge in [-0.05, 0) is 58.9 Å². The quantitative estimate of drug-likeness (QED) is 0.563. The highest BCUT2D eigenvalue weighted by Gasteiger charge is 2.47. The minimum Gasteiger partial charge on any atom is -0.340 e. The van der Waals surface area contributed by atoms with Gasteiger partial charge in [0.2, 0.25) is 5.91 Å². The maximum absolute atomic E-state index is 13.6. The molecule has 3 nitrogen and oxygen atoms in total. The molecule has 0 radical (unpaired) electrons. The molecular weight excluding hydrogens is 391 g/mol. The van der Waals surface area contributed by atoms with Gasteiger partial charge in [-0.2, -0.15) is 0 Å². The molecule has 0 N–H and O–H groups in total. The summed E-state index contributed by atoms with van der Waals surface area (Å²) in [5.74, 6) is -0.154. The number of carbonyl (C=O) groups excluding carboxylic acids is 1. The van der Waals surface area contributed by atoms with Crippen molar-refractivity contribution in [1.82, 2.24) is 9.21 Å². The molecule has 0 aliphatic carbocycles. The van der Waals surface area contributed by atoms with E-state index in [0.29, 0.717) is 4.47 Å². The van der Waals surface area contributed by atoms with Crippen LogP contribution in [0.25, 0.3) is 0 Å². The number of alkyl halides is 1. The molecule has 1 aromatic rings. The Morgan fingerprint density at radius 2 is 2.18 bits per heavy atom. The van der Waals surface area contributed by atoms with Gasteiger partial charge < -0.3 is 4.90 Å². The lowest BCUT2D eigenvalue weighted by atomic mass is 9.74. The monoisotopic (exact) mass is 406 g/mol. The van der Waals surface area contributed by atoms with Gasteiger partial charge >= 0.3 is 0 Å². The van der Waals surface area contributed by atoms with Gasteiger partial charge in [0, 0.05) is 36.5 Å². The summed E-state index contributed by atoms with van der Waals surface area (Å²) in [5, 5.41) is 0.